The molecule has 40 heavy (non-hydrogen) atoms. The Balaban J connectivity index is 1.49. The van der Waals surface area contributed by atoms with Crippen molar-refractivity contribution in [2.75, 3.05) is 0 Å². The standard InChI is InChI=1S/C31H26Cl2FN3O3/c1-2-6-25(20-14-12-18(32)16-24(20)34)37-30(38)17-11-13-19(22(15-17)31(39)40)28-21(7-5-8-23(28)33)29-35-26-9-3-4-10-27(26)36-29/h3-5,7-16,23,25,28H,2,6H2,1H3,(H,35,36)(H,37,38)(H,39,40)/t23?,25?,28-/m1/s1. The molecule has 0 saturated heterocycles. The summed E-state index contributed by atoms with van der Waals surface area (Å²) in [5, 5.41) is 12.7. The van der Waals surface area contributed by atoms with Crippen molar-refractivity contribution >= 4 is 51.7 Å². The fourth-order valence-corrected chi connectivity index (χ4v) is 5.59. The minimum atomic E-state index is -1.19. The van der Waals surface area contributed by atoms with Gasteiger partial charge < -0.3 is 15.4 Å². The third kappa shape index (κ3) is 5.53. The van der Waals surface area contributed by atoms with Crippen LogP contribution in [0, 0.1) is 5.82 Å². The summed E-state index contributed by atoms with van der Waals surface area (Å²) < 4.78 is 14.6. The van der Waals surface area contributed by atoms with Gasteiger partial charge in [0.1, 0.15) is 11.6 Å². The highest BCUT2D eigenvalue weighted by Crippen LogP contribution is 2.41. The van der Waals surface area contributed by atoms with Crippen LogP contribution in [0.5, 0.6) is 0 Å². The number of allylic oxidation sites excluding steroid dienone is 4. The number of nitrogens with zero attached hydrogens (tertiary/aromatic N) is 1. The van der Waals surface area contributed by atoms with E-state index in [0.29, 0.717) is 29.8 Å². The van der Waals surface area contributed by atoms with Gasteiger partial charge in [-0.2, -0.15) is 0 Å². The monoisotopic (exact) mass is 577 g/mol. The van der Waals surface area contributed by atoms with E-state index in [1.165, 1.54) is 12.1 Å². The first kappa shape index (κ1) is 27.6. The van der Waals surface area contributed by atoms with Crippen LogP contribution in [0.1, 0.15) is 69.4 Å². The minimum Gasteiger partial charge on any atom is -0.478 e. The molecule has 204 valence electrons. The van der Waals surface area contributed by atoms with E-state index in [1.54, 1.807) is 30.3 Å². The van der Waals surface area contributed by atoms with Gasteiger partial charge in [0.15, 0.2) is 0 Å². The Morgan fingerprint density at radius 2 is 1.95 bits per heavy atom. The number of nitrogens with one attached hydrogen (secondary N) is 2. The summed E-state index contributed by atoms with van der Waals surface area (Å²) in [6.07, 6.45) is 6.66. The van der Waals surface area contributed by atoms with Gasteiger partial charge in [-0.3, -0.25) is 4.79 Å². The van der Waals surface area contributed by atoms with Crippen LogP contribution < -0.4 is 5.32 Å². The molecule has 0 saturated carbocycles. The molecule has 1 amide bonds. The average Bonchev–Trinajstić information content (AvgIpc) is 3.37. The summed E-state index contributed by atoms with van der Waals surface area (Å²) in [6, 6.07) is 15.8. The number of fused-ring (bicyclic) bond motifs is 1. The summed E-state index contributed by atoms with van der Waals surface area (Å²) in [7, 11) is 0. The van der Waals surface area contributed by atoms with Gasteiger partial charge in [-0.1, -0.05) is 67.4 Å². The summed E-state index contributed by atoms with van der Waals surface area (Å²) in [6.45, 7) is 1.93. The highest BCUT2D eigenvalue weighted by atomic mass is 35.5. The van der Waals surface area contributed by atoms with Crippen molar-refractivity contribution in [3.05, 3.63) is 118 Å². The number of aromatic carboxylic acids is 1. The molecule has 6 nitrogen and oxygen atoms in total. The van der Waals surface area contributed by atoms with E-state index >= 15 is 0 Å². The number of carboxylic acid groups (broad SMARTS) is 1. The van der Waals surface area contributed by atoms with Crippen molar-refractivity contribution in [1.82, 2.24) is 15.3 Å². The number of carbonyl (C=O) groups is 2. The molecular weight excluding hydrogens is 552 g/mol. The van der Waals surface area contributed by atoms with Gasteiger partial charge in [0.05, 0.1) is 28.0 Å². The lowest BCUT2D eigenvalue weighted by Crippen LogP contribution is -2.29. The lowest BCUT2D eigenvalue weighted by atomic mass is 9.81. The van der Waals surface area contributed by atoms with Crippen LogP contribution in [-0.4, -0.2) is 32.3 Å². The number of rotatable bonds is 8. The number of halogens is 3. The van der Waals surface area contributed by atoms with Crippen LogP contribution in [0.2, 0.25) is 5.02 Å². The van der Waals surface area contributed by atoms with Crippen molar-refractivity contribution in [1.29, 1.82) is 0 Å². The molecule has 0 spiro atoms. The van der Waals surface area contributed by atoms with Gasteiger partial charge in [-0.15, -0.1) is 11.6 Å². The smallest absolute Gasteiger partial charge is 0.336 e. The number of aromatic amines is 1. The third-order valence-corrected chi connectivity index (χ3v) is 7.62. The summed E-state index contributed by atoms with van der Waals surface area (Å²) >= 11 is 12.7. The Bertz CT molecular complexity index is 1630. The SMILES string of the molecule is CCCC(NC(=O)c1ccc([C@@H]2C(c3nc4ccccc4[nH]3)=CC=CC2Cl)c(C(=O)O)c1)c1ccc(Cl)cc1F. The van der Waals surface area contributed by atoms with Gasteiger partial charge in [-0.25, -0.2) is 14.2 Å². The van der Waals surface area contributed by atoms with Crippen molar-refractivity contribution in [2.24, 2.45) is 0 Å². The minimum absolute atomic E-state index is 0.0506. The molecule has 0 radical (unpaired) electrons. The third-order valence-electron chi connectivity index (χ3n) is 6.99. The van der Waals surface area contributed by atoms with E-state index in [0.717, 1.165) is 16.6 Å². The number of para-hydroxylation sites is 2. The summed E-state index contributed by atoms with van der Waals surface area (Å²) in [4.78, 5) is 33.7. The summed E-state index contributed by atoms with van der Waals surface area (Å²) in [5.74, 6) is -2.17. The molecule has 1 aliphatic carbocycles. The topological polar surface area (TPSA) is 95.1 Å². The van der Waals surface area contributed by atoms with E-state index in [2.05, 4.69) is 10.3 Å². The van der Waals surface area contributed by atoms with Gasteiger partial charge >= 0.3 is 5.97 Å². The fourth-order valence-electron chi connectivity index (χ4n) is 5.08. The van der Waals surface area contributed by atoms with E-state index in [1.807, 2.05) is 43.3 Å². The second kappa shape index (κ2) is 11.7. The number of carbonyl (C=O) groups excluding carboxylic acids is 1. The Hall–Kier alpha value is -3.94. The van der Waals surface area contributed by atoms with Gasteiger partial charge in [0.25, 0.3) is 5.91 Å². The Morgan fingerprint density at radius 1 is 1.15 bits per heavy atom. The van der Waals surface area contributed by atoms with E-state index < -0.39 is 35.0 Å². The van der Waals surface area contributed by atoms with Crippen molar-refractivity contribution < 1.29 is 19.1 Å². The zero-order valence-electron chi connectivity index (χ0n) is 21.5. The molecule has 0 aliphatic heterocycles. The second-order valence-electron chi connectivity index (χ2n) is 9.62. The van der Waals surface area contributed by atoms with Crippen LogP contribution in [0.4, 0.5) is 4.39 Å². The van der Waals surface area contributed by atoms with Crippen molar-refractivity contribution in [2.45, 2.75) is 37.1 Å². The number of hydrogen-bond acceptors (Lipinski definition) is 3. The molecule has 3 aromatic carbocycles. The lowest BCUT2D eigenvalue weighted by molar-refractivity contribution is 0.0695. The summed E-state index contributed by atoms with van der Waals surface area (Å²) in [5.41, 5.74) is 3.22. The maximum Gasteiger partial charge on any atom is 0.336 e. The molecule has 2 unspecified atom stereocenters. The first-order valence-electron chi connectivity index (χ1n) is 12.9. The molecular formula is C31H26Cl2FN3O3. The van der Waals surface area contributed by atoms with Crippen LogP contribution in [0.15, 0.2) is 78.9 Å². The predicted molar refractivity (Wildman–Crippen MR) is 156 cm³/mol. The number of amides is 1. The fraction of sp³-hybridized carbons (Fsp3) is 0.194. The maximum atomic E-state index is 14.6. The molecule has 4 aromatic rings. The van der Waals surface area contributed by atoms with Gasteiger partial charge in [0.2, 0.25) is 0 Å². The molecule has 3 atom stereocenters. The van der Waals surface area contributed by atoms with E-state index in [-0.39, 0.29) is 16.1 Å². The normalized spacial score (nSPS) is 17.4. The first-order valence-corrected chi connectivity index (χ1v) is 13.7. The van der Waals surface area contributed by atoms with Gasteiger partial charge in [-0.05, 0) is 48.4 Å². The number of carboxylic acids is 1. The molecule has 0 fully saturated rings. The van der Waals surface area contributed by atoms with Crippen LogP contribution >= 0.6 is 23.2 Å². The predicted octanol–water partition coefficient (Wildman–Crippen LogP) is 7.67. The molecule has 3 N–H and O–H groups in total. The van der Waals surface area contributed by atoms with Crippen LogP contribution in [-0.2, 0) is 0 Å². The number of aromatic nitrogens is 2. The van der Waals surface area contributed by atoms with Crippen molar-refractivity contribution in [3.63, 3.8) is 0 Å². The van der Waals surface area contributed by atoms with E-state index in [4.69, 9.17) is 28.2 Å². The zero-order chi connectivity index (χ0) is 28.4. The second-order valence-corrected chi connectivity index (χ2v) is 10.6. The molecule has 1 aromatic heterocycles. The van der Waals surface area contributed by atoms with Crippen molar-refractivity contribution in [3.8, 4) is 0 Å². The zero-order valence-corrected chi connectivity index (χ0v) is 23.0. The Morgan fingerprint density at radius 3 is 2.67 bits per heavy atom. The Kier molecular flexibility index (Phi) is 8.05. The highest BCUT2D eigenvalue weighted by molar-refractivity contribution is 6.30. The number of alkyl halides is 1. The molecule has 9 heteroatoms. The quantitative estimate of drug-likeness (QED) is 0.187. The van der Waals surface area contributed by atoms with Crippen LogP contribution in [0.3, 0.4) is 0 Å². The van der Waals surface area contributed by atoms with Crippen LogP contribution in [0.25, 0.3) is 16.6 Å². The largest absolute Gasteiger partial charge is 0.478 e. The first-order chi connectivity index (χ1) is 19.3. The van der Waals surface area contributed by atoms with Gasteiger partial charge in [0, 0.05) is 27.6 Å². The van der Waals surface area contributed by atoms with E-state index in [9.17, 15) is 19.1 Å². The number of H-pyrrole nitrogens is 1. The molecule has 1 aliphatic rings. The average molecular weight is 578 g/mol. The molecule has 1 heterocycles. The Labute approximate surface area is 240 Å². The molecule has 5 rings (SSSR count). The lowest BCUT2D eigenvalue weighted by Gasteiger charge is -2.27. The highest BCUT2D eigenvalue weighted by Gasteiger charge is 2.32. The number of hydrogen-bond donors (Lipinski definition) is 3. The number of imidazole rings is 1. The molecule has 0 bridgehead atoms. The maximum absolute atomic E-state index is 14.6. The number of benzene rings is 3.